The quantitative estimate of drug-likeness (QED) is 0.342. The molecule has 1 saturated heterocycles. The van der Waals surface area contributed by atoms with E-state index < -0.39 is 4.92 Å². The first kappa shape index (κ1) is 20.3. The number of morpholine rings is 1. The molecular formula is C18H23N7O4. The maximum Gasteiger partial charge on any atom is 0.329 e. The standard InChI is InChI=1S/C18H23N7O4/c1-13(26)19-6-7-20-17-16(25(27)28)12-21-18(23-17)22-14-2-4-15(5-3-14)24-8-10-29-11-9-24/h2-5,12H,6-11H2,1H3,(H,19,26)(H2,20,21,22,23). The Morgan fingerprint density at radius 2 is 1.97 bits per heavy atom. The third kappa shape index (κ3) is 5.75. The van der Waals surface area contributed by atoms with Crippen molar-refractivity contribution in [3.05, 3.63) is 40.6 Å². The molecule has 0 bridgehead atoms. The van der Waals surface area contributed by atoms with Crippen LogP contribution in [-0.2, 0) is 9.53 Å². The minimum absolute atomic E-state index is 0.0859. The van der Waals surface area contributed by atoms with Gasteiger partial charge in [0, 0.05) is 44.5 Å². The number of carbonyl (C=O) groups excluding carboxylic acids is 1. The van der Waals surface area contributed by atoms with Crippen LogP contribution < -0.4 is 20.9 Å². The first-order valence-electron chi connectivity index (χ1n) is 9.22. The third-order valence-corrected chi connectivity index (χ3v) is 4.26. The summed E-state index contributed by atoms with van der Waals surface area (Å²) in [6, 6.07) is 7.79. The van der Waals surface area contributed by atoms with Crippen molar-refractivity contribution in [2.75, 3.05) is 54.9 Å². The number of benzene rings is 1. The van der Waals surface area contributed by atoms with Crippen LogP contribution >= 0.6 is 0 Å². The van der Waals surface area contributed by atoms with Crippen LogP contribution in [0.2, 0.25) is 0 Å². The van der Waals surface area contributed by atoms with Crippen molar-refractivity contribution in [1.82, 2.24) is 15.3 Å². The summed E-state index contributed by atoms with van der Waals surface area (Å²) in [5.74, 6) is 0.145. The molecular weight excluding hydrogens is 378 g/mol. The molecule has 0 saturated carbocycles. The largest absolute Gasteiger partial charge is 0.378 e. The van der Waals surface area contributed by atoms with E-state index in [9.17, 15) is 14.9 Å². The van der Waals surface area contributed by atoms with Crippen molar-refractivity contribution >= 4 is 34.7 Å². The molecule has 11 heteroatoms. The predicted molar refractivity (Wildman–Crippen MR) is 109 cm³/mol. The highest BCUT2D eigenvalue weighted by Gasteiger charge is 2.17. The first-order valence-corrected chi connectivity index (χ1v) is 9.22. The molecule has 0 aliphatic carbocycles. The Bertz CT molecular complexity index is 854. The number of anilines is 4. The fourth-order valence-electron chi connectivity index (χ4n) is 2.83. The zero-order chi connectivity index (χ0) is 20.6. The highest BCUT2D eigenvalue weighted by molar-refractivity contribution is 5.72. The van der Waals surface area contributed by atoms with Crippen molar-refractivity contribution in [3.8, 4) is 0 Å². The van der Waals surface area contributed by atoms with E-state index in [4.69, 9.17) is 4.74 Å². The number of aromatic nitrogens is 2. The summed E-state index contributed by atoms with van der Waals surface area (Å²) in [6.45, 7) is 5.16. The van der Waals surface area contributed by atoms with Crippen LogP contribution in [0, 0.1) is 10.1 Å². The Hall–Kier alpha value is -3.47. The van der Waals surface area contributed by atoms with Crippen LogP contribution in [0.25, 0.3) is 0 Å². The van der Waals surface area contributed by atoms with Gasteiger partial charge in [0.15, 0.2) is 0 Å². The van der Waals surface area contributed by atoms with Crippen molar-refractivity contribution in [2.24, 2.45) is 0 Å². The Morgan fingerprint density at radius 1 is 1.24 bits per heavy atom. The van der Waals surface area contributed by atoms with Gasteiger partial charge >= 0.3 is 5.69 Å². The lowest BCUT2D eigenvalue weighted by Gasteiger charge is -2.28. The zero-order valence-corrected chi connectivity index (χ0v) is 16.1. The highest BCUT2D eigenvalue weighted by Crippen LogP contribution is 2.24. The molecule has 1 amide bonds. The number of carbonyl (C=O) groups is 1. The van der Waals surface area contributed by atoms with E-state index in [-0.39, 0.29) is 23.4 Å². The van der Waals surface area contributed by atoms with Crippen LogP contribution in [-0.4, -0.2) is 60.2 Å². The van der Waals surface area contributed by atoms with Gasteiger partial charge in [-0.15, -0.1) is 0 Å². The summed E-state index contributed by atoms with van der Waals surface area (Å²) < 4.78 is 5.36. The van der Waals surface area contributed by atoms with Gasteiger partial charge in [0.05, 0.1) is 18.1 Å². The monoisotopic (exact) mass is 401 g/mol. The Morgan fingerprint density at radius 3 is 2.62 bits per heavy atom. The molecule has 2 heterocycles. The number of nitro groups is 1. The molecule has 0 atom stereocenters. The summed E-state index contributed by atoms with van der Waals surface area (Å²) in [4.78, 5) is 32.0. The van der Waals surface area contributed by atoms with Gasteiger partial charge < -0.3 is 25.6 Å². The molecule has 3 rings (SSSR count). The number of hydrogen-bond donors (Lipinski definition) is 3. The molecule has 1 aromatic carbocycles. The van der Waals surface area contributed by atoms with Crippen LogP contribution in [0.1, 0.15) is 6.92 Å². The van der Waals surface area contributed by atoms with Gasteiger partial charge in [-0.25, -0.2) is 4.98 Å². The highest BCUT2D eigenvalue weighted by atomic mass is 16.6. The van der Waals surface area contributed by atoms with Crippen LogP contribution in [0.5, 0.6) is 0 Å². The Labute approximate surface area is 167 Å². The molecule has 1 aliphatic heterocycles. The zero-order valence-electron chi connectivity index (χ0n) is 16.1. The molecule has 154 valence electrons. The summed E-state index contributed by atoms with van der Waals surface area (Å²) in [5, 5.41) is 19.7. The summed E-state index contributed by atoms with van der Waals surface area (Å²) >= 11 is 0. The minimum atomic E-state index is -0.554. The van der Waals surface area contributed by atoms with Gasteiger partial charge in [-0.3, -0.25) is 14.9 Å². The van der Waals surface area contributed by atoms with E-state index >= 15 is 0 Å². The van der Waals surface area contributed by atoms with Crippen LogP contribution in [0.3, 0.4) is 0 Å². The lowest BCUT2D eigenvalue weighted by Crippen LogP contribution is -2.36. The number of amides is 1. The van der Waals surface area contributed by atoms with E-state index in [1.165, 1.54) is 6.92 Å². The molecule has 1 aliphatic rings. The topological polar surface area (TPSA) is 135 Å². The van der Waals surface area contributed by atoms with Gasteiger partial charge in [-0.05, 0) is 24.3 Å². The van der Waals surface area contributed by atoms with E-state index in [1.807, 2.05) is 24.3 Å². The molecule has 0 radical (unpaired) electrons. The number of hydrogen-bond acceptors (Lipinski definition) is 9. The van der Waals surface area contributed by atoms with E-state index in [2.05, 4.69) is 30.8 Å². The molecule has 1 aromatic heterocycles. The van der Waals surface area contributed by atoms with Crippen LogP contribution in [0.4, 0.5) is 28.8 Å². The van der Waals surface area contributed by atoms with E-state index in [1.54, 1.807) is 0 Å². The van der Waals surface area contributed by atoms with Gasteiger partial charge in [0.25, 0.3) is 0 Å². The number of nitrogens with one attached hydrogen (secondary N) is 3. The average Bonchev–Trinajstić information content (AvgIpc) is 2.72. The number of nitrogens with zero attached hydrogens (tertiary/aromatic N) is 4. The second kappa shape index (κ2) is 9.64. The van der Waals surface area contributed by atoms with E-state index in [0.29, 0.717) is 26.3 Å². The molecule has 2 aromatic rings. The van der Waals surface area contributed by atoms with Crippen molar-refractivity contribution in [1.29, 1.82) is 0 Å². The number of ether oxygens (including phenoxy) is 1. The van der Waals surface area contributed by atoms with Gasteiger partial charge in [-0.1, -0.05) is 0 Å². The Balaban J connectivity index is 1.67. The predicted octanol–water partition coefficient (Wildman–Crippen LogP) is 1.51. The first-order chi connectivity index (χ1) is 14.0. The SMILES string of the molecule is CC(=O)NCCNc1nc(Nc2ccc(N3CCOCC3)cc2)ncc1[N+](=O)[O-]. The molecule has 11 nitrogen and oxygen atoms in total. The van der Waals surface area contributed by atoms with Gasteiger partial charge in [0.1, 0.15) is 6.20 Å². The van der Waals surface area contributed by atoms with E-state index in [0.717, 1.165) is 30.7 Å². The average molecular weight is 401 g/mol. The molecule has 0 spiro atoms. The normalized spacial score (nSPS) is 13.6. The minimum Gasteiger partial charge on any atom is -0.378 e. The third-order valence-electron chi connectivity index (χ3n) is 4.26. The van der Waals surface area contributed by atoms with Crippen molar-refractivity contribution in [3.63, 3.8) is 0 Å². The fraction of sp³-hybridized carbons (Fsp3) is 0.389. The summed E-state index contributed by atoms with van der Waals surface area (Å²) in [5.41, 5.74) is 1.63. The number of rotatable bonds is 8. The Kier molecular flexibility index (Phi) is 6.74. The maximum absolute atomic E-state index is 11.2. The van der Waals surface area contributed by atoms with Crippen molar-refractivity contribution < 1.29 is 14.5 Å². The second-order valence-electron chi connectivity index (χ2n) is 6.37. The lowest BCUT2D eigenvalue weighted by molar-refractivity contribution is -0.384. The summed E-state index contributed by atoms with van der Waals surface area (Å²) in [6.07, 6.45) is 1.15. The smallest absolute Gasteiger partial charge is 0.329 e. The second-order valence-corrected chi connectivity index (χ2v) is 6.37. The maximum atomic E-state index is 11.2. The fourth-order valence-corrected chi connectivity index (χ4v) is 2.83. The lowest BCUT2D eigenvalue weighted by atomic mass is 10.2. The summed E-state index contributed by atoms with van der Waals surface area (Å²) in [7, 11) is 0. The van der Waals surface area contributed by atoms with Crippen molar-refractivity contribution in [2.45, 2.75) is 6.92 Å². The molecule has 1 fully saturated rings. The molecule has 3 N–H and O–H groups in total. The van der Waals surface area contributed by atoms with Gasteiger partial charge in [0.2, 0.25) is 17.7 Å². The van der Waals surface area contributed by atoms with Gasteiger partial charge in [-0.2, -0.15) is 4.98 Å². The van der Waals surface area contributed by atoms with Crippen LogP contribution in [0.15, 0.2) is 30.5 Å². The molecule has 29 heavy (non-hydrogen) atoms. The molecule has 0 unspecified atom stereocenters.